The Hall–Kier alpha value is -2.75. The Labute approximate surface area is 153 Å². The highest BCUT2D eigenvalue weighted by Gasteiger charge is 2.34. The minimum Gasteiger partial charge on any atom is -0.487 e. The third kappa shape index (κ3) is 2.85. The summed E-state index contributed by atoms with van der Waals surface area (Å²) in [5, 5.41) is 1.14. The van der Waals surface area contributed by atoms with Crippen LogP contribution in [0.4, 0.5) is 0 Å². The van der Waals surface area contributed by atoms with Crippen LogP contribution in [-0.2, 0) is 0 Å². The maximum absolute atomic E-state index is 12.9. The van der Waals surface area contributed by atoms with Crippen LogP contribution in [0.5, 0.6) is 5.75 Å². The van der Waals surface area contributed by atoms with Crippen molar-refractivity contribution in [1.82, 2.24) is 9.88 Å². The molecular formula is C22H24N2O2. The summed E-state index contributed by atoms with van der Waals surface area (Å²) in [6.07, 6.45) is 0.0643. The van der Waals surface area contributed by atoms with Gasteiger partial charge in [-0.25, -0.2) is 0 Å². The van der Waals surface area contributed by atoms with E-state index in [1.54, 1.807) is 0 Å². The van der Waals surface area contributed by atoms with Crippen molar-refractivity contribution in [2.24, 2.45) is 0 Å². The molecule has 4 heteroatoms. The molecule has 1 aliphatic rings. The van der Waals surface area contributed by atoms with E-state index in [2.05, 4.69) is 31.0 Å². The first-order chi connectivity index (χ1) is 12.4. The maximum atomic E-state index is 12.9. The molecule has 1 aromatic heterocycles. The number of rotatable bonds is 3. The molecule has 2 aromatic carbocycles. The Kier molecular flexibility index (Phi) is 3.98. The number of H-pyrrole nitrogens is 1. The fourth-order valence-electron chi connectivity index (χ4n) is 3.71. The Balaban J connectivity index is 1.49. The first-order valence-electron chi connectivity index (χ1n) is 9.04. The quantitative estimate of drug-likeness (QED) is 0.767. The summed E-state index contributed by atoms with van der Waals surface area (Å²) in [7, 11) is 0. The van der Waals surface area contributed by atoms with E-state index in [-0.39, 0.29) is 12.0 Å². The molecule has 4 rings (SSSR count). The smallest absolute Gasteiger partial charge is 0.270 e. The van der Waals surface area contributed by atoms with Gasteiger partial charge in [0.25, 0.3) is 5.91 Å². The van der Waals surface area contributed by atoms with Crippen LogP contribution in [-0.4, -0.2) is 35.0 Å². The molecule has 0 unspecified atom stereocenters. The van der Waals surface area contributed by atoms with Gasteiger partial charge in [0.2, 0.25) is 0 Å². The first kappa shape index (κ1) is 16.7. The SMILES string of the molecule is Cc1cccc(OC2CN(C(=O)c3[nH]c4c(C)cc(C)cc4c3C)C2)c1. The standard InChI is InChI=1S/C22H24N2O2/c1-13-6-5-7-17(9-13)26-18-11-24(12-18)22(25)21-16(4)19-10-14(2)8-15(3)20(19)23-21/h5-10,18,23H,11-12H2,1-4H3. The molecule has 1 amide bonds. The highest BCUT2D eigenvalue weighted by molar-refractivity contribution is 6.02. The Morgan fingerprint density at radius 2 is 1.85 bits per heavy atom. The van der Waals surface area contributed by atoms with E-state index in [0.29, 0.717) is 18.8 Å². The predicted octanol–water partition coefficient (Wildman–Crippen LogP) is 4.30. The second-order valence-corrected chi connectivity index (χ2v) is 7.40. The number of nitrogens with zero attached hydrogens (tertiary/aromatic N) is 1. The average molecular weight is 348 g/mol. The number of hydrogen-bond acceptors (Lipinski definition) is 2. The molecule has 0 spiro atoms. The number of carbonyl (C=O) groups excluding carboxylic acids is 1. The van der Waals surface area contributed by atoms with Crippen molar-refractivity contribution in [2.45, 2.75) is 33.8 Å². The van der Waals surface area contributed by atoms with Crippen molar-refractivity contribution < 1.29 is 9.53 Å². The Bertz CT molecular complexity index is 997. The molecule has 26 heavy (non-hydrogen) atoms. The molecule has 0 aliphatic carbocycles. The maximum Gasteiger partial charge on any atom is 0.270 e. The highest BCUT2D eigenvalue weighted by atomic mass is 16.5. The number of ether oxygens (including phenoxy) is 1. The molecule has 1 aliphatic heterocycles. The third-order valence-corrected chi connectivity index (χ3v) is 5.15. The molecule has 0 saturated carbocycles. The Morgan fingerprint density at radius 1 is 1.08 bits per heavy atom. The largest absolute Gasteiger partial charge is 0.487 e. The molecule has 0 radical (unpaired) electrons. The van der Waals surface area contributed by atoms with Crippen molar-refractivity contribution in [1.29, 1.82) is 0 Å². The van der Waals surface area contributed by atoms with E-state index < -0.39 is 0 Å². The molecule has 2 heterocycles. The number of aromatic amines is 1. The average Bonchev–Trinajstić information content (AvgIpc) is 2.88. The molecule has 0 atom stereocenters. The topological polar surface area (TPSA) is 45.3 Å². The lowest BCUT2D eigenvalue weighted by Gasteiger charge is -2.38. The van der Waals surface area contributed by atoms with Gasteiger partial charge in [-0.2, -0.15) is 0 Å². The van der Waals surface area contributed by atoms with Crippen LogP contribution in [0.25, 0.3) is 10.9 Å². The number of carbonyl (C=O) groups is 1. The number of likely N-dealkylation sites (tertiary alicyclic amines) is 1. The number of aromatic nitrogens is 1. The van der Waals surface area contributed by atoms with Crippen LogP contribution >= 0.6 is 0 Å². The van der Waals surface area contributed by atoms with Gasteiger partial charge in [0.1, 0.15) is 17.5 Å². The number of amides is 1. The number of aryl methyl sites for hydroxylation is 4. The zero-order valence-corrected chi connectivity index (χ0v) is 15.7. The van der Waals surface area contributed by atoms with Gasteiger partial charge in [-0.05, 0) is 62.6 Å². The summed E-state index contributed by atoms with van der Waals surface area (Å²) in [6.45, 7) is 9.48. The summed E-state index contributed by atoms with van der Waals surface area (Å²) < 4.78 is 5.97. The molecule has 1 saturated heterocycles. The lowest BCUT2D eigenvalue weighted by Crippen LogP contribution is -2.56. The molecule has 0 bridgehead atoms. The van der Waals surface area contributed by atoms with E-state index in [9.17, 15) is 4.79 Å². The van der Waals surface area contributed by atoms with Gasteiger partial charge in [0, 0.05) is 10.9 Å². The van der Waals surface area contributed by atoms with Crippen molar-refractivity contribution in [2.75, 3.05) is 13.1 Å². The summed E-state index contributed by atoms with van der Waals surface area (Å²) in [4.78, 5) is 18.1. The molecule has 1 fully saturated rings. The van der Waals surface area contributed by atoms with Crippen LogP contribution < -0.4 is 4.74 Å². The fourth-order valence-corrected chi connectivity index (χ4v) is 3.71. The lowest BCUT2D eigenvalue weighted by atomic mass is 10.0. The summed E-state index contributed by atoms with van der Waals surface area (Å²) in [5.74, 6) is 0.926. The van der Waals surface area contributed by atoms with Gasteiger partial charge >= 0.3 is 0 Å². The first-order valence-corrected chi connectivity index (χ1v) is 9.04. The molecule has 3 aromatic rings. The summed E-state index contributed by atoms with van der Waals surface area (Å²) >= 11 is 0. The van der Waals surface area contributed by atoms with Crippen LogP contribution in [0.2, 0.25) is 0 Å². The predicted molar refractivity (Wildman–Crippen MR) is 104 cm³/mol. The fraction of sp³-hybridized carbons (Fsp3) is 0.318. The van der Waals surface area contributed by atoms with Gasteiger partial charge < -0.3 is 14.6 Å². The summed E-state index contributed by atoms with van der Waals surface area (Å²) in [5.41, 5.74) is 6.35. The van der Waals surface area contributed by atoms with Crippen LogP contribution in [0.15, 0.2) is 36.4 Å². The van der Waals surface area contributed by atoms with Gasteiger partial charge in [0.15, 0.2) is 0 Å². The zero-order valence-electron chi connectivity index (χ0n) is 15.7. The van der Waals surface area contributed by atoms with E-state index in [4.69, 9.17) is 4.74 Å². The normalized spacial score (nSPS) is 14.5. The van der Waals surface area contributed by atoms with Gasteiger partial charge in [-0.15, -0.1) is 0 Å². The number of nitrogens with one attached hydrogen (secondary N) is 1. The zero-order chi connectivity index (χ0) is 18.4. The molecule has 1 N–H and O–H groups in total. The molecule has 4 nitrogen and oxygen atoms in total. The minimum absolute atomic E-state index is 0.0554. The second kappa shape index (κ2) is 6.20. The summed E-state index contributed by atoms with van der Waals surface area (Å²) in [6, 6.07) is 12.3. The van der Waals surface area contributed by atoms with Crippen molar-refractivity contribution >= 4 is 16.8 Å². The second-order valence-electron chi connectivity index (χ2n) is 7.40. The van der Waals surface area contributed by atoms with Crippen LogP contribution in [0.1, 0.15) is 32.7 Å². The van der Waals surface area contributed by atoms with Crippen LogP contribution in [0.3, 0.4) is 0 Å². The molecule has 134 valence electrons. The van der Waals surface area contributed by atoms with Gasteiger partial charge in [-0.3, -0.25) is 4.79 Å². The van der Waals surface area contributed by atoms with Crippen LogP contribution in [0, 0.1) is 27.7 Å². The van der Waals surface area contributed by atoms with E-state index >= 15 is 0 Å². The monoisotopic (exact) mass is 348 g/mol. The minimum atomic E-state index is 0.0554. The number of fused-ring (bicyclic) bond motifs is 1. The van der Waals surface area contributed by atoms with Crippen molar-refractivity contribution in [3.63, 3.8) is 0 Å². The number of benzene rings is 2. The van der Waals surface area contributed by atoms with E-state index in [0.717, 1.165) is 22.2 Å². The Morgan fingerprint density at radius 3 is 2.58 bits per heavy atom. The van der Waals surface area contributed by atoms with Crippen molar-refractivity contribution in [3.05, 3.63) is 64.3 Å². The molecular weight excluding hydrogens is 324 g/mol. The lowest BCUT2D eigenvalue weighted by molar-refractivity contribution is 0.0173. The highest BCUT2D eigenvalue weighted by Crippen LogP contribution is 2.28. The van der Waals surface area contributed by atoms with Gasteiger partial charge in [0.05, 0.1) is 13.1 Å². The van der Waals surface area contributed by atoms with E-state index in [1.807, 2.05) is 43.0 Å². The number of hydrogen-bond donors (Lipinski definition) is 1. The van der Waals surface area contributed by atoms with Gasteiger partial charge in [-0.1, -0.05) is 23.8 Å². The van der Waals surface area contributed by atoms with E-state index in [1.165, 1.54) is 16.7 Å². The third-order valence-electron chi connectivity index (χ3n) is 5.15. The van der Waals surface area contributed by atoms with Crippen molar-refractivity contribution in [3.8, 4) is 5.75 Å².